The number of aromatic amines is 1. The van der Waals surface area contributed by atoms with Gasteiger partial charge >= 0.3 is 6.09 Å². The molecule has 0 bridgehead atoms. The van der Waals surface area contributed by atoms with E-state index in [1.807, 2.05) is 38.1 Å². The predicted molar refractivity (Wildman–Crippen MR) is 98.1 cm³/mol. The molecule has 7 heteroatoms. The number of cyclic esters (lactones) is 1. The quantitative estimate of drug-likeness (QED) is 0.778. The number of amides is 1. The van der Waals surface area contributed by atoms with Gasteiger partial charge in [-0.15, -0.1) is 0 Å². The summed E-state index contributed by atoms with van der Waals surface area (Å²) < 4.78 is 10.8. The van der Waals surface area contributed by atoms with Crippen molar-refractivity contribution in [2.75, 3.05) is 25.2 Å². The summed E-state index contributed by atoms with van der Waals surface area (Å²) in [5, 5.41) is 0. The zero-order valence-electron chi connectivity index (χ0n) is 14.9. The third-order valence-corrected chi connectivity index (χ3v) is 4.57. The summed E-state index contributed by atoms with van der Waals surface area (Å²) in [6, 6.07) is 7.75. The highest BCUT2D eigenvalue weighted by Crippen LogP contribution is 2.41. The van der Waals surface area contributed by atoms with Crippen molar-refractivity contribution in [1.29, 1.82) is 0 Å². The van der Waals surface area contributed by atoms with Gasteiger partial charge in [-0.1, -0.05) is 0 Å². The van der Waals surface area contributed by atoms with Crippen LogP contribution in [0.15, 0.2) is 36.7 Å². The van der Waals surface area contributed by atoms with E-state index in [0.29, 0.717) is 13.2 Å². The van der Waals surface area contributed by atoms with Crippen LogP contribution in [0.1, 0.15) is 19.4 Å². The van der Waals surface area contributed by atoms with Gasteiger partial charge in [-0.2, -0.15) is 0 Å². The van der Waals surface area contributed by atoms with Crippen molar-refractivity contribution in [2.24, 2.45) is 0 Å². The Bertz CT molecular complexity index is 966. The van der Waals surface area contributed by atoms with Crippen LogP contribution in [0.3, 0.4) is 0 Å². The fourth-order valence-corrected chi connectivity index (χ4v) is 3.22. The molecule has 0 aliphatic carbocycles. The molecule has 7 nitrogen and oxygen atoms in total. The molecule has 0 saturated carbocycles. The first-order chi connectivity index (χ1) is 12.5. The van der Waals surface area contributed by atoms with Gasteiger partial charge in [0.15, 0.2) is 0 Å². The minimum atomic E-state index is -0.716. The average molecular weight is 352 g/mol. The van der Waals surface area contributed by atoms with Gasteiger partial charge in [-0.3, -0.25) is 9.88 Å². The first-order valence-corrected chi connectivity index (χ1v) is 8.44. The number of imidazole rings is 1. The van der Waals surface area contributed by atoms with Gasteiger partial charge in [-0.25, -0.2) is 9.78 Å². The van der Waals surface area contributed by atoms with Crippen LogP contribution in [-0.4, -0.2) is 41.3 Å². The second-order valence-corrected chi connectivity index (χ2v) is 6.73. The second-order valence-electron chi connectivity index (χ2n) is 6.73. The lowest BCUT2D eigenvalue weighted by Gasteiger charge is -2.38. The Morgan fingerprint density at radius 2 is 2.04 bits per heavy atom. The molecule has 0 saturated heterocycles. The number of hydrogen-bond donors (Lipinski definition) is 1. The van der Waals surface area contributed by atoms with Crippen molar-refractivity contribution in [3.8, 4) is 11.4 Å². The average Bonchev–Trinajstić information content (AvgIpc) is 3.04. The van der Waals surface area contributed by atoms with Crippen LogP contribution < -0.4 is 4.90 Å². The minimum Gasteiger partial charge on any atom is -0.438 e. The molecule has 1 N–H and O–H groups in total. The molecular formula is C19H20N4O3. The van der Waals surface area contributed by atoms with Crippen molar-refractivity contribution < 1.29 is 14.3 Å². The normalized spacial score (nSPS) is 15.8. The largest absolute Gasteiger partial charge is 0.438 e. The fourth-order valence-electron chi connectivity index (χ4n) is 3.22. The molecular weight excluding hydrogens is 332 g/mol. The molecule has 26 heavy (non-hydrogen) atoms. The summed E-state index contributed by atoms with van der Waals surface area (Å²) in [7, 11) is 1.61. The molecule has 1 aromatic carbocycles. The van der Waals surface area contributed by atoms with Gasteiger partial charge in [0, 0.05) is 30.6 Å². The molecule has 1 amide bonds. The number of aromatic nitrogens is 3. The van der Waals surface area contributed by atoms with Gasteiger partial charge in [0.25, 0.3) is 0 Å². The van der Waals surface area contributed by atoms with E-state index in [1.54, 1.807) is 24.4 Å². The van der Waals surface area contributed by atoms with Gasteiger partial charge in [0.05, 0.1) is 29.9 Å². The molecule has 3 aromatic rings. The fraction of sp³-hybridized carbons (Fsp3) is 0.316. The standard InChI is InChI=1S/C19H20N4O3/c1-19(2)13-10-14-15(22-17(21-14)12-4-6-20-7-5-12)11-16(13)23(8-9-25-3)18(24)26-19/h4-7,10-11H,8-9H2,1-3H3,(H,21,22). The number of ether oxygens (including phenoxy) is 2. The second kappa shape index (κ2) is 6.10. The smallest absolute Gasteiger partial charge is 0.415 e. The van der Waals surface area contributed by atoms with E-state index in [2.05, 4.69) is 15.0 Å². The number of fused-ring (bicyclic) bond motifs is 2. The van der Waals surface area contributed by atoms with E-state index in [4.69, 9.17) is 9.47 Å². The number of H-pyrrole nitrogens is 1. The highest BCUT2D eigenvalue weighted by Gasteiger charge is 2.38. The van der Waals surface area contributed by atoms with Crippen molar-refractivity contribution in [3.63, 3.8) is 0 Å². The maximum atomic E-state index is 12.5. The molecule has 1 aliphatic rings. The van der Waals surface area contributed by atoms with Crippen molar-refractivity contribution in [2.45, 2.75) is 19.4 Å². The molecule has 0 atom stereocenters. The highest BCUT2D eigenvalue weighted by molar-refractivity contribution is 5.95. The maximum absolute atomic E-state index is 12.5. The number of pyridine rings is 1. The van der Waals surface area contributed by atoms with Crippen molar-refractivity contribution >= 4 is 22.8 Å². The monoisotopic (exact) mass is 352 g/mol. The zero-order chi connectivity index (χ0) is 18.3. The molecule has 0 radical (unpaired) electrons. The molecule has 2 aromatic heterocycles. The van der Waals surface area contributed by atoms with Crippen molar-refractivity contribution in [3.05, 3.63) is 42.2 Å². The summed E-state index contributed by atoms with van der Waals surface area (Å²) in [4.78, 5) is 26.1. The third-order valence-electron chi connectivity index (χ3n) is 4.57. The molecule has 0 fully saturated rings. The molecule has 4 rings (SSSR count). The van der Waals surface area contributed by atoms with E-state index in [0.717, 1.165) is 33.7 Å². The molecule has 0 unspecified atom stereocenters. The number of nitrogens with zero attached hydrogens (tertiary/aromatic N) is 3. The number of hydrogen-bond acceptors (Lipinski definition) is 5. The SMILES string of the molecule is COCCN1C(=O)OC(C)(C)c2cc3[nH]c(-c4ccncc4)nc3cc21. The summed E-state index contributed by atoms with van der Waals surface area (Å²) in [5.74, 6) is 0.762. The number of rotatable bonds is 4. The third kappa shape index (κ3) is 2.70. The van der Waals surface area contributed by atoms with Gasteiger partial charge in [0.1, 0.15) is 11.4 Å². The van der Waals surface area contributed by atoms with E-state index in [1.165, 1.54) is 0 Å². The number of anilines is 1. The Balaban J connectivity index is 1.86. The highest BCUT2D eigenvalue weighted by atomic mass is 16.6. The Hall–Kier alpha value is -2.93. The van der Waals surface area contributed by atoms with E-state index in [-0.39, 0.29) is 6.09 Å². The minimum absolute atomic E-state index is 0.371. The first kappa shape index (κ1) is 16.5. The van der Waals surface area contributed by atoms with Gasteiger partial charge < -0.3 is 14.5 Å². The van der Waals surface area contributed by atoms with Gasteiger partial charge in [0.2, 0.25) is 0 Å². The lowest BCUT2D eigenvalue weighted by Crippen LogP contribution is -2.44. The number of carbonyl (C=O) groups is 1. The number of carbonyl (C=O) groups excluding carboxylic acids is 1. The Morgan fingerprint density at radius 3 is 2.77 bits per heavy atom. The topological polar surface area (TPSA) is 80.3 Å². The van der Waals surface area contributed by atoms with Crippen LogP contribution in [0.2, 0.25) is 0 Å². The lowest BCUT2D eigenvalue weighted by molar-refractivity contribution is 0.0340. The Morgan fingerprint density at radius 1 is 1.27 bits per heavy atom. The molecule has 3 heterocycles. The van der Waals surface area contributed by atoms with E-state index >= 15 is 0 Å². The summed E-state index contributed by atoms with van der Waals surface area (Å²) in [6.45, 7) is 4.63. The number of methoxy groups -OCH3 is 1. The maximum Gasteiger partial charge on any atom is 0.415 e. The van der Waals surface area contributed by atoms with E-state index < -0.39 is 5.60 Å². The van der Waals surface area contributed by atoms with Crippen LogP contribution in [0.4, 0.5) is 10.5 Å². The van der Waals surface area contributed by atoms with Crippen LogP contribution in [0.5, 0.6) is 0 Å². The number of nitrogens with one attached hydrogen (secondary N) is 1. The lowest BCUT2D eigenvalue weighted by atomic mass is 9.93. The van der Waals surface area contributed by atoms with Crippen LogP contribution in [0.25, 0.3) is 22.4 Å². The number of benzene rings is 1. The van der Waals surface area contributed by atoms with Crippen molar-refractivity contribution in [1.82, 2.24) is 15.0 Å². The molecule has 1 aliphatic heterocycles. The Kier molecular flexibility index (Phi) is 3.88. The molecule has 134 valence electrons. The summed E-state index contributed by atoms with van der Waals surface area (Å²) in [5.41, 5.74) is 3.68. The van der Waals surface area contributed by atoms with Crippen LogP contribution in [-0.2, 0) is 15.1 Å². The zero-order valence-corrected chi connectivity index (χ0v) is 14.9. The summed E-state index contributed by atoms with van der Waals surface area (Å²) >= 11 is 0. The predicted octanol–water partition coefficient (Wildman–Crippen LogP) is 3.46. The molecule has 0 spiro atoms. The Labute approximate surface area is 151 Å². The van der Waals surface area contributed by atoms with Gasteiger partial charge in [-0.05, 0) is 38.1 Å². The summed E-state index contributed by atoms with van der Waals surface area (Å²) in [6.07, 6.45) is 3.09. The first-order valence-electron chi connectivity index (χ1n) is 8.44. The van der Waals surface area contributed by atoms with Crippen LogP contribution in [0, 0.1) is 0 Å². The van der Waals surface area contributed by atoms with Crippen LogP contribution >= 0.6 is 0 Å². The van der Waals surface area contributed by atoms with E-state index in [9.17, 15) is 4.79 Å².